The van der Waals surface area contributed by atoms with Crippen molar-refractivity contribution in [2.24, 2.45) is 0 Å². The fourth-order valence-corrected chi connectivity index (χ4v) is 5.28. The number of halogens is 3. The van der Waals surface area contributed by atoms with E-state index in [0.29, 0.717) is 36.8 Å². The number of aliphatic carboxylic acids is 1. The van der Waals surface area contributed by atoms with E-state index in [0.717, 1.165) is 24.9 Å². The highest BCUT2D eigenvalue weighted by Crippen LogP contribution is 2.43. The molecule has 2 saturated heterocycles. The molecule has 0 spiro atoms. The topological polar surface area (TPSA) is 107 Å². The van der Waals surface area contributed by atoms with Crippen LogP contribution in [0.1, 0.15) is 49.7 Å². The number of carboxylic acids is 1. The van der Waals surface area contributed by atoms with E-state index in [1.54, 1.807) is 11.0 Å². The number of amides is 1. The number of piperidine rings is 1. The van der Waals surface area contributed by atoms with Gasteiger partial charge >= 0.3 is 18.1 Å². The molecule has 39 heavy (non-hydrogen) atoms. The van der Waals surface area contributed by atoms with Crippen LogP contribution in [0.15, 0.2) is 54.6 Å². The largest absolute Gasteiger partial charge is 0.508 e. The second kappa shape index (κ2) is 13.5. The molecule has 3 atom stereocenters. The van der Waals surface area contributed by atoms with E-state index in [-0.39, 0.29) is 12.5 Å². The van der Waals surface area contributed by atoms with Gasteiger partial charge in [0.05, 0.1) is 0 Å². The van der Waals surface area contributed by atoms with Crippen LogP contribution in [0, 0.1) is 0 Å². The third-order valence-corrected chi connectivity index (χ3v) is 7.06. The fourth-order valence-electron chi connectivity index (χ4n) is 5.28. The number of rotatable bonds is 8. The number of benzene rings is 2. The average Bonchev–Trinajstić information content (AvgIpc) is 3.11. The van der Waals surface area contributed by atoms with E-state index in [1.807, 2.05) is 42.5 Å². The zero-order valence-electron chi connectivity index (χ0n) is 21.6. The highest BCUT2D eigenvalue weighted by atomic mass is 19.4. The summed E-state index contributed by atoms with van der Waals surface area (Å²) in [7, 11) is 0. The Hall–Kier alpha value is -3.60. The molecule has 2 aliphatic heterocycles. The number of hydrogen-bond donors (Lipinski definition) is 2. The lowest BCUT2D eigenvalue weighted by Crippen LogP contribution is -2.47. The van der Waals surface area contributed by atoms with Gasteiger partial charge < -0.3 is 19.8 Å². The van der Waals surface area contributed by atoms with Crippen molar-refractivity contribution in [2.45, 2.75) is 63.3 Å². The van der Waals surface area contributed by atoms with Gasteiger partial charge in [-0.15, -0.1) is 0 Å². The number of esters is 1. The normalized spacial score (nSPS) is 20.5. The van der Waals surface area contributed by atoms with Crippen LogP contribution >= 0.6 is 0 Å². The molecular formula is C28H33F3N2O6. The Balaban J connectivity index is 0.000000532. The standard InChI is InChI=1S/C26H32N2O4.C2HF3O2/c1-19(29)32-18-26(31)27(17-20-6-3-2-4-7-20)12-13-28-23-10-11-24(28)15-22(14-23)21-8-5-9-25(30)16-21;3-2(4,5)1(6)7/h2-9,16,22-24,30H,10-15,17-18H2,1H3;(H,6,7)/t22?,23-,24+;. The number of nitrogens with zero attached hydrogens (tertiary/aromatic N) is 2. The molecule has 11 heteroatoms. The van der Waals surface area contributed by atoms with Gasteiger partial charge in [0.2, 0.25) is 0 Å². The minimum atomic E-state index is -5.08. The first kappa shape index (κ1) is 29.9. The van der Waals surface area contributed by atoms with Crippen LogP contribution < -0.4 is 0 Å². The summed E-state index contributed by atoms with van der Waals surface area (Å²) < 4.78 is 36.7. The molecule has 2 aromatic carbocycles. The summed E-state index contributed by atoms with van der Waals surface area (Å²) in [5.74, 6) is -2.55. The van der Waals surface area contributed by atoms with Crippen molar-refractivity contribution in [2.75, 3.05) is 19.7 Å². The van der Waals surface area contributed by atoms with Crippen LogP contribution in [-0.2, 0) is 25.7 Å². The monoisotopic (exact) mass is 550 g/mol. The van der Waals surface area contributed by atoms with E-state index < -0.39 is 18.1 Å². The molecule has 0 radical (unpaired) electrons. The summed E-state index contributed by atoms with van der Waals surface area (Å²) >= 11 is 0. The first-order valence-corrected chi connectivity index (χ1v) is 12.7. The fraction of sp³-hybridized carbons (Fsp3) is 0.464. The van der Waals surface area contributed by atoms with Crippen LogP contribution in [0.4, 0.5) is 13.2 Å². The molecule has 0 aromatic heterocycles. The molecule has 2 aliphatic rings. The van der Waals surface area contributed by atoms with Crippen molar-refractivity contribution in [1.29, 1.82) is 0 Å². The lowest BCUT2D eigenvalue weighted by molar-refractivity contribution is -0.192. The van der Waals surface area contributed by atoms with E-state index >= 15 is 0 Å². The van der Waals surface area contributed by atoms with Gasteiger partial charge in [0.15, 0.2) is 6.61 Å². The summed E-state index contributed by atoms with van der Waals surface area (Å²) in [4.78, 5) is 37.2. The molecule has 2 heterocycles. The molecule has 0 aliphatic carbocycles. The lowest BCUT2D eigenvalue weighted by Gasteiger charge is -2.40. The van der Waals surface area contributed by atoms with Crippen molar-refractivity contribution >= 4 is 17.8 Å². The summed E-state index contributed by atoms with van der Waals surface area (Å²) in [5.41, 5.74) is 2.29. The number of ether oxygens (including phenoxy) is 1. The highest BCUT2D eigenvalue weighted by molar-refractivity contribution is 5.80. The van der Waals surface area contributed by atoms with Gasteiger partial charge in [0.1, 0.15) is 5.75 Å². The van der Waals surface area contributed by atoms with Gasteiger partial charge in [-0.05, 0) is 54.9 Å². The van der Waals surface area contributed by atoms with Crippen molar-refractivity contribution in [1.82, 2.24) is 9.80 Å². The molecule has 2 fully saturated rings. The van der Waals surface area contributed by atoms with Gasteiger partial charge in [0.25, 0.3) is 5.91 Å². The summed E-state index contributed by atoms with van der Waals surface area (Å²) in [5, 5.41) is 17.0. The number of carbonyl (C=O) groups is 3. The van der Waals surface area contributed by atoms with Crippen LogP contribution in [-0.4, -0.2) is 75.8 Å². The van der Waals surface area contributed by atoms with Crippen molar-refractivity contribution in [3.05, 3.63) is 65.7 Å². The maximum atomic E-state index is 12.8. The Kier molecular flexibility index (Phi) is 10.3. The minimum Gasteiger partial charge on any atom is -0.508 e. The molecule has 1 amide bonds. The maximum Gasteiger partial charge on any atom is 0.490 e. The smallest absolute Gasteiger partial charge is 0.490 e. The van der Waals surface area contributed by atoms with Crippen LogP contribution in [0.5, 0.6) is 5.75 Å². The quantitative estimate of drug-likeness (QED) is 0.471. The Morgan fingerprint density at radius 3 is 2.18 bits per heavy atom. The SMILES string of the molecule is CC(=O)OCC(=O)N(CCN1[C@@H]2CC[C@H]1CC(c1cccc(O)c1)C2)Cc1ccccc1.O=C(O)C(F)(F)F. The zero-order chi connectivity index (χ0) is 28.6. The second-order valence-electron chi connectivity index (χ2n) is 9.77. The molecule has 1 unspecified atom stereocenters. The molecule has 212 valence electrons. The first-order valence-electron chi connectivity index (χ1n) is 12.7. The van der Waals surface area contributed by atoms with Gasteiger partial charge in [-0.2, -0.15) is 13.2 Å². The predicted octanol–water partition coefficient (Wildman–Crippen LogP) is 4.33. The number of carboxylic acid groups (broad SMARTS) is 1. The summed E-state index contributed by atoms with van der Waals surface area (Å²) in [6.45, 7) is 3.05. The average molecular weight is 551 g/mol. The number of phenols is 1. The second-order valence-corrected chi connectivity index (χ2v) is 9.77. The Morgan fingerprint density at radius 1 is 1.03 bits per heavy atom. The van der Waals surface area contributed by atoms with Crippen molar-refractivity contribution in [3.63, 3.8) is 0 Å². The molecule has 2 aromatic rings. The number of hydrogen-bond acceptors (Lipinski definition) is 6. The third kappa shape index (κ3) is 8.98. The maximum absolute atomic E-state index is 12.8. The first-order chi connectivity index (χ1) is 18.4. The lowest BCUT2D eigenvalue weighted by atomic mass is 9.85. The number of alkyl halides is 3. The number of phenolic OH excluding ortho intramolecular Hbond substituents is 1. The van der Waals surface area contributed by atoms with E-state index in [1.165, 1.54) is 25.3 Å². The summed E-state index contributed by atoms with van der Waals surface area (Å²) in [6.07, 6.45) is -0.555. The van der Waals surface area contributed by atoms with E-state index in [4.69, 9.17) is 14.6 Å². The highest BCUT2D eigenvalue weighted by Gasteiger charge is 2.41. The Bertz CT molecular complexity index is 1110. The van der Waals surface area contributed by atoms with Gasteiger partial charge in [-0.25, -0.2) is 4.79 Å². The van der Waals surface area contributed by atoms with Gasteiger partial charge in [-0.3, -0.25) is 14.5 Å². The number of fused-ring (bicyclic) bond motifs is 2. The molecule has 2 bridgehead atoms. The Labute approximate surface area is 225 Å². The van der Waals surface area contributed by atoms with E-state index in [9.17, 15) is 27.9 Å². The van der Waals surface area contributed by atoms with Crippen LogP contribution in [0.3, 0.4) is 0 Å². The molecule has 0 saturated carbocycles. The summed E-state index contributed by atoms with van der Waals surface area (Å²) in [6, 6.07) is 18.6. The number of aromatic hydroxyl groups is 1. The Morgan fingerprint density at radius 2 is 1.64 bits per heavy atom. The zero-order valence-corrected chi connectivity index (χ0v) is 21.6. The van der Waals surface area contributed by atoms with Crippen LogP contribution in [0.25, 0.3) is 0 Å². The number of carbonyl (C=O) groups excluding carboxylic acids is 2. The molecule has 8 nitrogen and oxygen atoms in total. The van der Waals surface area contributed by atoms with Crippen molar-refractivity contribution < 1.29 is 42.5 Å². The van der Waals surface area contributed by atoms with E-state index in [2.05, 4.69) is 11.0 Å². The van der Waals surface area contributed by atoms with Crippen molar-refractivity contribution in [3.8, 4) is 5.75 Å². The molecular weight excluding hydrogens is 517 g/mol. The third-order valence-electron chi connectivity index (χ3n) is 7.06. The van der Waals surface area contributed by atoms with Gasteiger partial charge in [0, 0.05) is 38.6 Å². The van der Waals surface area contributed by atoms with Crippen LogP contribution in [0.2, 0.25) is 0 Å². The molecule has 2 N–H and O–H groups in total. The molecule has 4 rings (SSSR count). The predicted molar refractivity (Wildman–Crippen MR) is 136 cm³/mol. The van der Waals surface area contributed by atoms with Gasteiger partial charge in [-0.1, -0.05) is 42.5 Å². The minimum absolute atomic E-state index is 0.161.